The van der Waals surface area contributed by atoms with E-state index in [1.807, 2.05) is 0 Å². The molecule has 0 aliphatic heterocycles. The van der Waals surface area contributed by atoms with Crippen LogP contribution in [0.1, 0.15) is 35.8 Å². The zero-order chi connectivity index (χ0) is 14.8. The summed E-state index contributed by atoms with van der Waals surface area (Å²) in [4.78, 5) is 11.9. The molecule has 8 heteroatoms. The van der Waals surface area contributed by atoms with Crippen LogP contribution in [0.25, 0.3) is 0 Å². The summed E-state index contributed by atoms with van der Waals surface area (Å²) in [6.45, 7) is 0.726. The van der Waals surface area contributed by atoms with Gasteiger partial charge in [-0.2, -0.15) is 0 Å². The number of ether oxygens (including phenoxy) is 2. The Morgan fingerprint density at radius 2 is 2.15 bits per heavy atom. The van der Waals surface area contributed by atoms with Crippen molar-refractivity contribution >= 4 is 25.7 Å². The van der Waals surface area contributed by atoms with Gasteiger partial charge in [-0.1, -0.05) is 0 Å². The number of halogens is 1. The molecule has 6 nitrogen and oxygen atoms in total. The maximum Gasteiger partial charge on any atom is 0.354 e. The highest BCUT2D eigenvalue weighted by Gasteiger charge is 2.30. The zero-order valence-corrected chi connectivity index (χ0v) is 12.6. The second kappa shape index (κ2) is 6.15. The first-order valence-corrected chi connectivity index (χ1v) is 8.57. The number of nitrogens with zero attached hydrogens (tertiary/aromatic N) is 1. The van der Waals surface area contributed by atoms with Crippen molar-refractivity contribution in [2.75, 3.05) is 20.3 Å². The molecule has 2 rings (SSSR count). The van der Waals surface area contributed by atoms with Crippen LogP contribution < -0.4 is 0 Å². The van der Waals surface area contributed by atoms with Gasteiger partial charge in [-0.3, -0.25) is 0 Å². The van der Waals surface area contributed by atoms with E-state index < -0.39 is 15.0 Å². The van der Waals surface area contributed by atoms with Gasteiger partial charge < -0.3 is 14.0 Å². The summed E-state index contributed by atoms with van der Waals surface area (Å²) >= 11 is 0. The fraction of sp³-hybridized carbons (Fsp3) is 0.583. The van der Waals surface area contributed by atoms with Gasteiger partial charge in [-0.25, -0.2) is 13.2 Å². The maximum atomic E-state index is 12.0. The Kier molecular flexibility index (Phi) is 4.72. The predicted octanol–water partition coefficient (Wildman–Crippen LogP) is 1.94. The number of carbonyl (C=O) groups excluding carboxylic acids is 1. The molecule has 1 aliphatic rings. The Bertz CT molecular complexity index is 591. The third-order valence-corrected chi connectivity index (χ3v) is 4.30. The molecule has 0 saturated heterocycles. The Labute approximate surface area is 122 Å². The van der Waals surface area contributed by atoms with Crippen LogP contribution in [0, 0.1) is 0 Å². The molecule has 0 bridgehead atoms. The molecule has 0 spiro atoms. The zero-order valence-electron chi connectivity index (χ0n) is 11.0. The molecule has 1 aliphatic carbocycles. The molecule has 1 fully saturated rings. The van der Waals surface area contributed by atoms with E-state index in [9.17, 15) is 13.2 Å². The highest BCUT2D eigenvalue weighted by atomic mass is 35.7. The van der Waals surface area contributed by atoms with Crippen LogP contribution in [0.4, 0.5) is 0 Å². The third-order valence-electron chi connectivity index (χ3n) is 2.98. The lowest BCUT2D eigenvalue weighted by molar-refractivity contribution is 0.0456. The number of hydrogen-bond acceptors (Lipinski definition) is 5. The van der Waals surface area contributed by atoms with E-state index in [1.54, 1.807) is 11.7 Å². The SMILES string of the molecule is COCCCOC(=O)c1cc(S(=O)(=O)Cl)cn1C1CC1. The van der Waals surface area contributed by atoms with E-state index in [1.165, 1.54) is 12.3 Å². The van der Waals surface area contributed by atoms with Crippen LogP contribution in [0.15, 0.2) is 17.2 Å². The number of esters is 1. The summed E-state index contributed by atoms with van der Waals surface area (Å²) in [5.74, 6) is -0.542. The van der Waals surface area contributed by atoms with Crippen molar-refractivity contribution in [1.82, 2.24) is 4.57 Å². The van der Waals surface area contributed by atoms with Gasteiger partial charge in [0.1, 0.15) is 10.6 Å². The third kappa shape index (κ3) is 3.74. The molecule has 0 unspecified atom stereocenters. The fourth-order valence-corrected chi connectivity index (χ4v) is 2.59. The minimum atomic E-state index is -3.85. The van der Waals surface area contributed by atoms with E-state index in [-0.39, 0.29) is 23.2 Å². The lowest BCUT2D eigenvalue weighted by Gasteiger charge is -2.07. The van der Waals surface area contributed by atoms with Crippen LogP contribution in [0.5, 0.6) is 0 Å². The second-order valence-corrected chi connectivity index (χ2v) is 7.19. The number of rotatable bonds is 7. The van der Waals surface area contributed by atoms with Gasteiger partial charge in [-0.15, -0.1) is 0 Å². The van der Waals surface area contributed by atoms with Crippen molar-refractivity contribution in [3.8, 4) is 0 Å². The van der Waals surface area contributed by atoms with E-state index in [0.717, 1.165) is 12.8 Å². The Morgan fingerprint density at radius 3 is 2.70 bits per heavy atom. The van der Waals surface area contributed by atoms with Gasteiger partial charge in [0.25, 0.3) is 9.05 Å². The molecule has 1 aromatic heterocycles. The standard InChI is InChI=1S/C12H16ClNO5S/c1-18-5-2-6-19-12(15)11-7-10(20(13,16)17)8-14(11)9-3-4-9/h7-9H,2-6H2,1H3. The quantitative estimate of drug-likeness (QED) is 0.436. The number of hydrogen-bond donors (Lipinski definition) is 0. The molecule has 1 aromatic rings. The maximum absolute atomic E-state index is 12.0. The van der Waals surface area contributed by atoms with E-state index in [2.05, 4.69) is 0 Å². The lowest BCUT2D eigenvalue weighted by atomic mass is 10.4. The highest BCUT2D eigenvalue weighted by Crippen LogP contribution is 2.37. The van der Waals surface area contributed by atoms with Gasteiger partial charge in [0.15, 0.2) is 0 Å². The first-order chi connectivity index (χ1) is 9.43. The van der Waals surface area contributed by atoms with E-state index in [0.29, 0.717) is 13.0 Å². The van der Waals surface area contributed by atoms with Crippen molar-refractivity contribution in [2.24, 2.45) is 0 Å². The molecule has 112 valence electrons. The lowest BCUT2D eigenvalue weighted by Crippen LogP contribution is -2.12. The molecule has 0 aromatic carbocycles. The summed E-state index contributed by atoms with van der Waals surface area (Å²) in [5, 5.41) is 0. The van der Waals surface area contributed by atoms with Crippen LogP contribution in [0.2, 0.25) is 0 Å². The molecule has 0 atom stereocenters. The van der Waals surface area contributed by atoms with Gasteiger partial charge >= 0.3 is 5.97 Å². The summed E-state index contributed by atoms with van der Waals surface area (Å²) in [6.07, 6.45) is 3.82. The average Bonchev–Trinajstić information content (AvgIpc) is 3.11. The normalized spacial score (nSPS) is 15.3. The van der Waals surface area contributed by atoms with Crippen LogP contribution >= 0.6 is 10.7 Å². The molecular formula is C12H16ClNO5S. The van der Waals surface area contributed by atoms with Crippen LogP contribution in [0.3, 0.4) is 0 Å². The van der Waals surface area contributed by atoms with Crippen LogP contribution in [-0.4, -0.2) is 39.3 Å². The topological polar surface area (TPSA) is 74.6 Å². The Morgan fingerprint density at radius 1 is 1.45 bits per heavy atom. The molecule has 1 heterocycles. The van der Waals surface area contributed by atoms with Gasteiger partial charge in [0.05, 0.1) is 6.61 Å². The van der Waals surface area contributed by atoms with Gasteiger partial charge in [0.2, 0.25) is 0 Å². The minimum absolute atomic E-state index is 0.0742. The molecule has 20 heavy (non-hydrogen) atoms. The summed E-state index contributed by atoms with van der Waals surface area (Å²) in [6, 6.07) is 1.42. The monoisotopic (exact) mass is 321 g/mol. The highest BCUT2D eigenvalue weighted by molar-refractivity contribution is 8.13. The number of carbonyl (C=O) groups is 1. The van der Waals surface area contributed by atoms with Crippen molar-refractivity contribution in [1.29, 1.82) is 0 Å². The Hall–Kier alpha value is -1.05. The first-order valence-electron chi connectivity index (χ1n) is 6.26. The van der Waals surface area contributed by atoms with Crippen molar-refractivity contribution in [3.05, 3.63) is 18.0 Å². The van der Waals surface area contributed by atoms with Gasteiger partial charge in [0, 0.05) is 43.1 Å². The summed E-state index contributed by atoms with van der Waals surface area (Å²) < 4.78 is 34.3. The van der Waals surface area contributed by atoms with E-state index >= 15 is 0 Å². The van der Waals surface area contributed by atoms with Crippen molar-refractivity contribution in [3.63, 3.8) is 0 Å². The molecule has 0 N–H and O–H groups in total. The van der Waals surface area contributed by atoms with Gasteiger partial charge in [-0.05, 0) is 18.9 Å². The summed E-state index contributed by atoms with van der Waals surface area (Å²) in [7, 11) is 3.03. The molecule has 0 radical (unpaired) electrons. The van der Waals surface area contributed by atoms with Crippen molar-refractivity contribution < 1.29 is 22.7 Å². The molecule has 0 amide bonds. The Balaban J connectivity index is 2.13. The molecule has 1 saturated carbocycles. The smallest absolute Gasteiger partial charge is 0.354 e. The minimum Gasteiger partial charge on any atom is -0.461 e. The predicted molar refractivity (Wildman–Crippen MR) is 72.5 cm³/mol. The van der Waals surface area contributed by atoms with E-state index in [4.69, 9.17) is 20.2 Å². The largest absolute Gasteiger partial charge is 0.461 e. The second-order valence-electron chi connectivity index (χ2n) is 4.62. The number of aromatic nitrogens is 1. The van der Waals surface area contributed by atoms with Crippen LogP contribution in [-0.2, 0) is 18.5 Å². The fourth-order valence-electron chi connectivity index (χ4n) is 1.85. The number of methoxy groups -OCH3 is 1. The summed E-state index contributed by atoms with van der Waals surface area (Å²) in [5.41, 5.74) is 0.226. The molecular weight excluding hydrogens is 306 g/mol. The average molecular weight is 322 g/mol. The van der Waals surface area contributed by atoms with Crippen molar-refractivity contribution in [2.45, 2.75) is 30.2 Å². The first kappa shape index (κ1) is 15.3.